The zero-order valence-electron chi connectivity index (χ0n) is 15.6. The number of halogens is 1. The topological polar surface area (TPSA) is 79.8 Å². The fourth-order valence-corrected chi connectivity index (χ4v) is 2.56. The van der Waals surface area contributed by atoms with Gasteiger partial charge in [0.1, 0.15) is 5.75 Å². The summed E-state index contributed by atoms with van der Waals surface area (Å²) in [5.74, 6) is 0.128. The highest BCUT2D eigenvalue weighted by molar-refractivity contribution is 6.30. The normalized spacial score (nSPS) is 10.6. The van der Waals surface area contributed by atoms with Crippen LogP contribution in [0.5, 0.6) is 5.75 Å². The molecule has 0 aliphatic carbocycles. The molecule has 0 bridgehead atoms. The van der Waals surface area contributed by atoms with Crippen LogP contribution in [0.3, 0.4) is 0 Å². The molecule has 6 nitrogen and oxygen atoms in total. The average molecular weight is 408 g/mol. The molecule has 0 saturated carbocycles. The third kappa shape index (κ3) is 5.67. The maximum absolute atomic E-state index is 12.2. The lowest BCUT2D eigenvalue weighted by Crippen LogP contribution is -2.17. The van der Waals surface area contributed by atoms with E-state index in [1.165, 1.54) is 6.21 Å². The predicted octanol–water partition coefficient (Wildman–Crippen LogP) is 4.36. The van der Waals surface area contributed by atoms with E-state index in [4.69, 9.17) is 16.3 Å². The SMILES string of the molecule is COc1ccc(C=NNC(=O)c2ccc(NC(=O)c3ccc(Cl)cc3)cc2)cc1. The van der Waals surface area contributed by atoms with Gasteiger partial charge in [-0.3, -0.25) is 9.59 Å². The quantitative estimate of drug-likeness (QED) is 0.470. The number of methoxy groups -OCH3 is 1. The Morgan fingerprint density at radius 2 is 1.45 bits per heavy atom. The van der Waals surface area contributed by atoms with Gasteiger partial charge in [0.2, 0.25) is 0 Å². The molecule has 0 saturated heterocycles. The predicted molar refractivity (Wildman–Crippen MR) is 114 cm³/mol. The molecule has 2 amide bonds. The van der Waals surface area contributed by atoms with Gasteiger partial charge in [-0.05, 0) is 78.4 Å². The highest BCUT2D eigenvalue weighted by Gasteiger charge is 2.08. The number of hydrogen-bond acceptors (Lipinski definition) is 4. The van der Waals surface area contributed by atoms with E-state index in [0.717, 1.165) is 11.3 Å². The van der Waals surface area contributed by atoms with Crippen molar-refractivity contribution in [2.45, 2.75) is 0 Å². The van der Waals surface area contributed by atoms with E-state index in [9.17, 15) is 9.59 Å². The number of hydrazone groups is 1. The van der Waals surface area contributed by atoms with Crippen LogP contribution in [-0.4, -0.2) is 25.1 Å². The van der Waals surface area contributed by atoms with E-state index < -0.39 is 0 Å². The van der Waals surface area contributed by atoms with Crippen molar-refractivity contribution in [1.82, 2.24) is 5.43 Å². The van der Waals surface area contributed by atoms with Crippen molar-refractivity contribution >= 4 is 35.3 Å². The molecule has 0 spiro atoms. The van der Waals surface area contributed by atoms with Crippen molar-refractivity contribution < 1.29 is 14.3 Å². The van der Waals surface area contributed by atoms with Crippen LogP contribution < -0.4 is 15.5 Å². The molecule has 3 rings (SSSR count). The van der Waals surface area contributed by atoms with Gasteiger partial charge in [0.25, 0.3) is 11.8 Å². The minimum absolute atomic E-state index is 0.261. The third-order valence-corrected chi connectivity index (χ3v) is 4.26. The maximum atomic E-state index is 12.2. The standard InChI is InChI=1S/C22H18ClN3O3/c1-29-20-12-2-15(3-13-20)14-24-26-22(28)17-6-10-19(11-7-17)25-21(27)16-4-8-18(23)9-5-16/h2-14H,1H3,(H,25,27)(H,26,28). The lowest BCUT2D eigenvalue weighted by molar-refractivity contribution is 0.0954. The zero-order valence-corrected chi connectivity index (χ0v) is 16.3. The van der Waals surface area contributed by atoms with Crippen molar-refractivity contribution in [2.75, 3.05) is 12.4 Å². The molecule has 3 aromatic carbocycles. The van der Waals surface area contributed by atoms with E-state index in [1.807, 2.05) is 12.1 Å². The van der Waals surface area contributed by atoms with Crippen LogP contribution in [0.1, 0.15) is 26.3 Å². The summed E-state index contributed by atoms with van der Waals surface area (Å²) < 4.78 is 5.09. The van der Waals surface area contributed by atoms with Crippen LogP contribution in [0.4, 0.5) is 5.69 Å². The van der Waals surface area contributed by atoms with E-state index in [1.54, 1.807) is 67.8 Å². The molecule has 2 N–H and O–H groups in total. The van der Waals surface area contributed by atoms with Crippen molar-refractivity contribution in [3.8, 4) is 5.75 Å². The molecule has 0 aliphatic rings. The summed E-state index contributed by atoms with van der Waals surface area (Å²) in [4.78, 5) is 24.4. The number of carbonyl (C=O) groups excluding carboxylic acids is 2. The number of nitrogens with one attached hydrogen (secondary N) is 2. The summed E-state index contributed by atoms with van der Waals surface area (Å²) >= 11 is 5.82. The van der Waals surface area contributed by atoms with Crippen molar-refractivity contribution in [2.24, 2.45) is 5.10 Å². The van der Waals surface area contributed by atoms with Crippen LogP contribution in [0, 0.1) is 0 Å². The number of ether oxygens (including phenoxy) is 1. The molecule has 7 heteroatoms. The van der Waals surface area contributed by atoms with Gasteiger partial charge in [0.05, 0.1) is 13.3 Å². The molecule has 3 aromatic rings. The number of rotatable bonds is 6. The molecule has 0 aromatic heterocycles. The Morgan fingerprint density at radius 3 is 2.07 bits per heavy atom. The Hall–Kier alpha value is -3.64. The Kier molecular flexibility index (Phi) is 6.60. The lowest BCUT2D eigenvalue weighted by Gasteiger charge is -2.06. The maximum Gasteiger partial charge on any atom is 0.271 e. The van der Waals surface area contributed by atoms with Crippen molar-refractivity contribution in [3.63, 3.8) is 0 Å². The monoisotopic (exact) mass is 407 g/mol. The Labute approximate surface area is 173 Å². The molecule has 146 valence electrons. The molecule has 0 radical (unpaired) electrons. The first-order valence-corrected chi connectivity index (χ1v) is 9.07. The highest BCUT2D eigenvalue weighted by Crippen LogP contribution is 2.14. The van der Waals surface area contributed by atoms with Crippen molar-refractivity contribution in [1.29, 1.82) is 0 Å². The van der Waals surface area contributed by atoms with Gasteiger partial charge >= 0.3 is 0 Å². The summed E-state index contributed by atoms with van der Waals surface area (Å²) in [6.45, 7) is 0. The van der Waals surface area contributed by atoms with Gasteiger partial charge in [-0.1, -0.05) is 11.6 Å². The van der Waals surface area contributed by atoms with E-state index in [0.29, 0.717) is 21.8 Å². The fourth-order valence-electron chi connectivity index (χ4n) is 2.43. The molecule has 0 aliphatic heterocycles. The molecule has 0 fully saturated rings. The van der Waals surface area contributed by atoms with Gasteiger partial charge in [-0.25, -0.2) is 5.43 Å². The number of amides is 2. The second-order valence-electron chi connectivity index (χ2n) is 6.01. The molecular formula is C22H18ClN3O3. The van der Waals surface area contributed by atoms with E-state index in [-0.39, 0.29) is 11.8 Å². The van der Waals surface area contributed by atoms with Gasteiger partial charge in [0, 0.05) is 21.8 Å². The zero-order chi connectivity index (χ0) is 20.6. The van der Waals surface area contributed by atoms with Crippen molar-refractivity contribution in [3.05, 3.63) is 94.5 Å². The van der Waals surface area contributed by atoms with Gasteiger partial charge in [0.15, 0.2) is 0 Å². The lowest BCUT2D eigenvalue weighted by atomic mass is 10.1. The second kappa shape index (κ2) is 9.52. The van der Waals surface area contributed by atoms with Crippen LogP contribution >= 0.6 is 11.6 Å². The highest BCUT2D eigenvalue weighted by atomic mass is 35.5. The average Bonchev–Trinajstić information content (AvgIpc) is 2.75. The largest absolute Gasteiger partial charge is 0.497 e. The Morgan fingerprint density at radius 1 is 0.862 bits per heavy atom. The van der Waals surface area contributed by atoms with Crippen LogP contribution in [0.15, 0.2) is 77.9 Å². The molecular weight excluding hydrogens is 390 g/mol. The van der Waals surface area contributed by atoms with Crippen LogP contribution in [0.2, 0.25) is 5.02 Å². The molecule has 0 heterocycles. The summed E-state index contributed by atoms with van der Waals surface area (Å²) in [6.07, 6.45) is 1.54. The third-order valence-electron chi connectivity index (χ3n) is 4.01. The first kappa shape index (κ1) is 20.1. The Bertz CT molecular complexity index is 1010. The number of nitrogens with zero attached hydrogens (tertiary/aromatic N) is 1. The number of benzene rings is 3. The molecule has 0 unspecified atom stereocenters. The first-order valence-electron chi connectivity index (χ1n) is 8.69. The van der Waals surface area contributed by atoms with E-state index >= 15 is 0 Å². The summed E-state index contributed by atoms with van der Waals surface area (Å²) in [5.41, 5.74) is 4.77. The van der Waals surface area contributed by atoms with Crippen LogP contribution in [-0.2, 0) is 0 Å². The summed E-state index contributed by atoms with van der Waals surface area (Å²) in [7, 11) is 1.59. The van der Waals surface area contributed by atoms with E-state index in [2.05, 4.69) is 15.8 Å². The molecule has 0 atom stereocenters. The van der Waals surface area contributed by atoms with Gasteiger partial charge in [-0.15, -0.1) is 0 Å². The number of hydrogen-bond donors (Lipinski definition) is 2. The fraction of sp³-hybridized carbons (Fsp3) is 0.0455. The van der Waals surface area contributed by atoms with Gasteiger partial charge in [-0.2, -0.15) is 5.10 Å². The number of carbonyl (C=O) groups is 2. The first-order chi connectivity index (χ1) is 14.0. The Balaban J connectivity index is 1.55. The molecule has 29 heavy (non-hydrogen) atoms. The van der Waals surface area contributed by atoms with Crippen LogP contribution in [0.25, 0.3) is 0 Å². The smallest absolute Gasteiger partial charge is 0.271 e. The summed E-state index contributed by atoms with van der Waals surface area (Å²) in [5, 5.41) is 7.27. The minimum atomic E-state index is -0.356. The second-order valence-corrected chi connectivity index (χ2v) is 6.45. The summed E-state index contributed by atoms with van der Waals surface area (Å²) in [6, 6.07) is 20.4. The minimum Gasteiger partial charge on any atom is -0.497 e. The van der Waals surface area contributed by atoms with Gasteiger partial charge < -0.3 is 10.1 Å². The number of anilines is 1.